The van der Waals surface area contributed by atoms with Crippen LogP contribution in [-0.2, 0) is 25.4 Å². The van der Waals surface area contributed by atoms with Crippen LogP contribution in [0.1, 0.15) is 94.1 Å². The summed E-state index contributed by atoms with van der Waals surface area (Å²) in [6.07, 6.45) is -0.379. The van der Waals surface area contributed by atoms with Crippen molar-refractivity contribution in [3.05, 3.63) is 35.9 Å². The predicted octanol–water partition coefficient (Wildman–Crippen LogP) is 7.31. The first kappa shape index (κ1) is 37.0. The molecule has 0 spiro atoms. The highest BCUT2D eigenvalue weighted by molar-refractivity contribution is 7.64. The molecule has 2 aliphatic heterocycles. The lowest BCUT2D eigenvalue weighted by Crippen LogP contribution is -2.50. The van der Waals surface area contributed by atoms with Crippen LogP contribution in [0.3, 0.4) is 0 Å². The maximum Gasteiger partial charge on any atom is 0.419 e. The molecule has 45 heavy (non-hydrogen) atoms. The Hall–Kier alpha value is -2.42. The van der Waals surface area contributed by atoms with Crippen molar-refractivity contribution >= 4 is 25.4 Å². The van der Waals surface area contributed by atoms with Crippen molar-refractivity contribution in [2.75, 3.05) is 25.8 Å². The lowest BCUT2D eigenvalue weighted by Gasteiger charge is -2.45. The zero-order valence-electron chi connectivity index (χ0n) is 29.0. The summed E-state index contributed by atoms with van der Waals surface area (Å²) in [6, 6.07) is 9.94. The van der Waals surface area contributed by atoms with Gasteiger partial charge in [0.05, 0.1) is 0 Å². The van der Waals surface area contributed by atoms with E-state index in [1.807, 2.05) is 50.6 Å². The first-order valence-corrected chi connectivity index (χ1v) is 18.2. The van der Waals surface area contributed by atoms with E-state index in [0.29, 0.717) is 38.6 Å². The number of hydrogen-bond acceptors (Lipinski definition) is 7. The van der Waals surface area contributed by atoms with Crippen LogP contribution in [0, 0.1) is 11.8 Å². The number of aliphatic carboxylic acids is 1. The van der Waals surface area contributed by atoms with Crippen LogP contribution in [0.2, 0.25) is 0 Å². The van der Waals surface area contributed by atoms with Gasteiger partial charge < -0.3 is 19.1 Å². The number of amides is 2. The average molecular weight is 650 g/mol. The number of carboxylic acids is 1. The topological polar surface area (TPSA) is 117 Å². The van der Waals surface area contributed by atoms with Crippen LogP contribution >= 0.6 is 7.29 Å². The Kier molecular flexibility index (Phi) is 11.6. The second-order valence-electron chi connectivity index (χ2n) is 15.3. The van der Waals surface area contributed by atoms with Crippen molar-refractivity contribution < 1.29 is 33.5 Å². The summed E-state index contributed by atoms with van der Waals surface area (Å²) in [7, 11) is -3.42. The fraction of sp³-hybridized carbons (Fsp3) is 0.735. The number of unbranched alkanes of at least 4 members (excludes halogenated alkanes) is 1. The third kappa shape index (κ3) is 8.49. The highest BCUT2D eigenvalue weighted by Crippen LogP contribution is 2.74. The minimum atomic E-state index is -3.42. The van der Waals surface area contributed by atoms with Crippen LogP contribution in [-0.4, -0.2) is 92.0 Å². The Labute approximate surface area is 270 Å². The Morgan fingerprint density at radius 1 is 0.933 bits per heavy atom. The van der Waals surface area contributed by atoms with E-state index >= 15 is 4.57 Å². The molecule has 3 rings (SSSR count). The number of nitrogens with zero attached hydrogens (tertiary/aromatic N) is 3. The number of benzene rings is 1. The van der Waals surface area contributed by atoms with E-state index in [-0.39, 0.29) is 36.9 Å². The summed E-state index contributed by atoms with van der Waals surface area (Å²) in [5.41, 5.74) is -0.472. The third-order valence-electron chi connectivity index (χ3n) is 8.70. The molecule has 0 bridgehead atoms. The molecule has 1 aromatic rings. The van der Waals surface area contributed by atoms with E-state index in [1.54, 1.807) is 41.5 Å². The number of carbonyl (C=O) groups excluding carboxylic acids is 2. The first-order chi connectivity index (χ1) is 20.7. The second-order valence-corrected chi connectivity index (χ2v) is 18.3. The van der Waals surface area contributed by atoms with Gasteiger partial charge in [0, 0.05) is 50.3 Å². The second kappa shape index (κ2) is 14.1. The molecule has 2 heterocycles. The van der Waals surface area contributed by atoms with Crippen LogP contribution in [0.5, 0.6) is 0 Å². The SMILES string of the molecule is CC(C)N(C(C)C)P1(=O)C[C@@H]2CN(Cc3ccccc3)CC2C1(CCCCN(C(=O)OC(C)(C)C)C(=O)OC(C)(C)C)C(=O)O. The van der Waals surface area contributed by atoms with Crippen molar-refractivity contribution in [3.8, 4) is 0 Å². The predicted molar refractivity (Wildman–Crippen MR) is 177 cm³/mol. The summed E-state index contributed by atoms with van der Waals surface area (Å²) in [5.74, 6) is -1.30. The minimum absolute atomic E-state index is 0.00384. The maximum absolute atomic E-state index is 15.4. The maximum atomic E-state index is 15.4. The molecule has 11 heteroatoms. The van der Waals surface area contributed by atoms with Crippen molar-refractivity contribution in [1.29, 1.82) is 0 Å². The van der Waals surface area contributed by atoms with Gasteiger partial charge in [0.2, 0.25) is 0 Å². The molecule has 254 valence electrons. The van der Waals surface area contributed by atoms with Crippen molar-refractivity contribution in [1.82, 2.24) is 14.5 Å². The summed E-state index contributed by atoms with van der Waals surface area (Å²) in [5, 5.41) is 9.65. The molecule has 2 aliphatic rings. The molecular weight excluding hydrogens is 593 g/mol. The van der Waals surface area contributed by atoms with Crippen molar-refractivity contribution in [2.24, 2.45) is 11.8 Å². The largest absolute Gasteiger partial charge is 0.480 e. The van der Waals surface area contributed by atoms with E-state index in [0.717, 1.165) is 10.5 Å². The highest BCUT2D eigenvalue weighted by atomic mass is 31.2. The summed E-state index contributed by atoms with van der Waals surface area (Å²) >= 11 is 0. The first-order valence-electron chi connectivity index (χ1n) is 16.3. The monoisotopic (exact) mass is 649 g/mol. The van der Waals surface area contributed by atoms with Crippen LogP contribution in [0.4, 0.5) is 9.59 Å². The quantitative estimate of drug-likeness (QED) is 0.195. The van der Waals surface area contributed by atoms with Gasteiger partial charge in [-0.3, -0.25) is 9.69 Å². The molecular formula is C34H56N3O7P. The normalized spacial score (nSPS) is 25.5. The molecule has 4 atom stereocenters. The number of carbonyl (C=O) groups is 3. The average Bonchev–Trinajstić information content (AvgIpc) is 3.34. The Bertz CT molecular complexity index is 1200. The zero-order chi connectivity index (χ0) is 34.0. The van der Waals surface area contributed by atoms with E-state index in [1.165, 1.54) is 0 Å². The Balaban J connectivity index is 1.90. The number of imide groups is 1. The molecule has 0 aromatic heterocycles. The van der Waals surface area contributed by atoms with Crippen molar-refractivity contribution in [3.63, 3.8) is 0 Å². The van der Waals surface area contributed by atoms with E-state index in [4.69, 9.17) is 9.47 Å². The molecule has 2 fully saturated rings. The van der Waals surface area contributed by atoms with E-state index < -0.39 is 41.8 Å². The number of hydrogen-bond donors (Lipinski definition) is 1. The van der Waals surface area contributed by atoms with E-state index in [2.05, 4.69) is 17.0 Å². The third-order valence-corrected chi connectivity index (χ3v) is 13.3. The standard InChI is InChI=1S/C34H56N3O7P/c1-24(2)37(25(3)4)45(42)23-27-21-35(20-26-16-12-11-13-17-26)22-28(27)34(45,29(38)39)18-14-15-19-36(30(40)43-32(5,6)7)31(41)44-33(8,9)10/h11-13,16-17,24-25,27-28H,14-15,18-23H2,1-10H3,(H,38,39)/t27-,28?,34?,45?/m0/s1. The molecule has 1 N–H and O–H groups in total. The lowest BCUT2D eigenvalue weighted by atomic mass is 9.81. The number of carboxylic acid groups (broad SMARTS) is 1. The van der Waals surface area contributed by atoms with E-state index in [9.17, 15) is 19.5 Å². The minimum Gasteiger partial charge on any atom is -0.480 e. The van der Waals surface area contributed by atoms with Gasteiger partial charge in [-0.2, -0.15) is 0 Å². The molecule has 1 aromatic carbocycles. The molecule has 2 saturated heterocycles. The van der Waals surface area contributed by atoms with Gasteiger partial charge in [-0.25, -0.2) is 19.2 Å². The molecule has 0 saturated carbocycles. The number of fused-ring (bicyclic) bond motifs is 1. The molecule has 10 nitrogen and oxygen atoms in total. The van der Waals surface area contributed by atoms with Gasteiger partial charge in [-0.1, -0.05) is 30.3 Å². The van der Waals surface area contributed by atoms with Gasteiger partial charge >= 0.3 is 18.2 Å². The number of rotatable bonds is 11. The number of likely N-dealkylation sites (tertiary alicyclic amines) is 1. The van der Waals surface area contributed by atoms with Crippen molar-refractivity contribution in [2.45, 2.75) is 123 Å². The summed E-state index contributed by atoms with van der Waals surface area (Å²) in [6.45, 7) is 20.3. The van der Waals surface area contributed by atoms with Crippen LogP contribution < -0.4 is 0 Å². The fourth-order valence-corrected chi connectivity index (χ4v) is 12.4. The molecule has 0 radical (unpaired) electrons. The van der Waals surface area contributed by atoms with Gasteiger partial charge in [0.15, 0.2) is 7.29 Å². The number of ether oxygens (including phenoxy) is 2. The Morgan fingerprint density at radius 2 is 1.47 bits per heavy atom. The summed E-state index contributed by atoms with van der Waals surface area (Å²) in [4.78, 5) is 42.9. The molecule has 0 aliphatic carbocycles. The van der Waals surface area contributed by atoms with Gasteiger partial charge in [0.1, 0.15) is 16.4 Å². The molecule has 2 amide bonds. The smallest absolute Gasteiger partial charge is 0.419 e. The van der Waals surface area contributed by atoms with Gasteiger partial charge in [-0.05, 0) is 100.0 Å². The van der Waals surface area contributed by atoms with Gasteiger partial charge in [0.25, 0.3) is 0 Å². The van der Waals surface area contributed by atoms with Crippen LogP contribution in [0.15, 0.2) is 30.3 Å². The van der Waals surface area contributed by atoms with Gasteiger partial charge in [-0.15, -0.1) is 0 Å². The zero-order valence-corrected chi connectivity index (χ0v) is 29.9. The highest BCUT2D eigenvalue weighted by Gasteiger charge is 2.70. The molecule has 3 unspecified atom stereocenters. The summed E-state index contributed by atoms with van der Waals surface area (Å²) < 4.78 is 28.4. The van der Waals surface area contributed by atoms with Crippen LogP contribution in [0.25, 0.3) is 0 Å². The lowest BCUT2D eigenvalue weighted by molar-refractivity contribution is -0.142. The fourth-order valence-electron chi connectivity index (χ4n) is 7.37. The Morgan fingerprint density at radius 3 is 1.93 bits per heavy atom.